The average Bonchev–Trinajstić information content (AvgIpc) is 2.81. The molecule has 5 nitrogen and oxygen atoms in total. The second kappa shape index (κ2) is 9.08. The van der Waals surface area contributed by atoms with Crippen LogP contribution in [0.4, 0.5) is 0 Å². The Hall–Kier alpha value is -0.910. The molecule has 0 bridgehead atoms. The predicted octanol–water partition coefficient (Wildman–Crippen LogP) is 1.22. The maximum Gasteiger partial charge on any atom is 0.0949 e. The van der Waals surface area contributed by atoms with E-state index in [1.807, 2.05) is 6.33 Å². The lowest BCUT2D eigenvalue weighted by molar-refractivity contribution is 0.0680. The highest BCUT2D eigenvalue weighted by Crippen LogP contribution is 2.02. The van der Waals surface area contributed by atoms with E-state index in [9.17, 15) is 0 Å². The van der Waals surface area contributed by atoms with Crippen LogP contribution in [0.3, 0.4) is 0 Å². The van der Waals surface area contributed by atoms with Gasteiger partial charge in [0.2, 0.25) is 0 Å². The molecule has 0 saturated carbocycles. The van der Waals surface area contributed by atoms with Crippen LogP contribution in [0, 0.1) is 0 Å². The molecule has 0 aliphatic carbocycles. The third kappa shape index (κ3) is 6.14. The summed E-state index contributed by atoms with van der Waals surface area (Å²) in [7, 11) is 1.68. The third-order valence-corrected chi connectivity index (χ3v) is 2.82. The molecule has 104 valence electrons. The van der Waals surface area contributed by atoms with Crippen molar-refractivity contribution in [2.24, 2.45) is 5.73 Å². The molecule has 0 aliphatic heterocycles. The fraction of sp³-hybridized carbons (Fsp3) is 0.769. The van der Waals surface area contributed by atoms with E-state index in [0.717, 1.165) is 38.1 Å². The number of imidazole rings is 1. The second-order valence-corrected chi connectivity index (χ2v) is 4.43. The van der Waals surface area contributed by atoms with E-state index < -0.39 is 0 Å². The summed E-state index contributed by atoms with van der Waals surface area (Å²) in [6.45, 7) is 5.10. The summed E-state index contributed by atoms with van der Waals surface area (Å²) in [5.41, 5.74) is 6.98. The van der Waals surface area contributed by atoms with Crippen LogP contribution in [0.5, 0.6) is 0 Å². The molecule has 5 heteroatoms. The number of methoxy groups -OCH3 is 1. The summed E-state index contributed by atoms with van der Waals surface area (Å²) in [5.74, 6) is 0. The van der Waals surface area contributed by atoms with Gasteiger partial charge in [-0.05, 0) is 12.8 Å². The van der Waals surface area contributed by atoms with Crippen molar-refractivity contribution in [3.8, 4) is 0 Å². The van der Waals surface area contributed by atoms with E-state index in [1.165, 1.54) is 0 Å². The minimum absolute atomic E-state index is 0.214. The van der Waals surface area contributed by atoms with Crippen LogP contribution in [-0.4, -0.2) is 42.5 Å². The molecule has 1 unspecified atom stereocenters. The van der Waals surface area contributed by atoms with Gasteiger partial charge in [0.1, 0.15) is 0 Å². The third-order valence-electron chi connectivity index (χ3n) is 2.82. The molecule has 0 fully saturated rings. The smallest absolute Gasteiger partial charge is 0.0949 e. The van der Waals surface area contributed by atoms with Crippen molar-refractivity contribution in [3.63, 3.8) is 0 Å². The number of rotatable bonds is 10. The van der Waals surface area contributed by atoms with Gasteiger partial charge < -0.3 is 19.8 Å². The van der Waals surface area contributed by atoms with Crippen LogP contribution >= 0.6 is 0 Å². The summed E-state index contributed by atoms with van der Waals surface area (Å²) in [6, 6.07) is 0.214. The van der Waals surface area contributed by atoms with Gasteiger partial charge in [0.05, 0.1) is 25.2 Å². The van der Waals surface area contributed by atoms with Gasteiger partial charge >= 0.3 is 0 Å². The molecule has 1 heterocycles. The molecule has 0 spiro atoms. The normalized spacial score (nSPS) is 12.8. The first-order valence-electron chi connectivity index (χ1n) is 6.59. The number of hydrogen-bond acceptors (Lipinski definition) is 4. The molecular formula is C13H25N3O2. The van der Waals surface area contributed by atoms with Crippen molar-refractivity contribution in [2.45, 2.75) is 38.8 Å². The Kier molecular flexibility index (Phi) is 7.64. The molecule has 2 N–H and O–H groups in total. The van der Waals surface area contributed by atoms with E-state index in [2.05, 4.69) is 22.7 Å². The molecule has 0 aromatic carbocycles. The number of aromatic nitrogens is 2. The minimum atomic E-state index is 0.214. The number of aryl methyl sites for hydroxylation is 1. The van der Waals surface area contributed by atoms with Crippen molar-refractivity contribution in [2.75, 3.05) is 26.9 Å². The van der Waals surface area contributed by atoms with E-state index >= 15 is 0 Å². The average molecular weight is 255 g/mol. The first-order chi connectivity index (χ1) is 8.76. The zero-order valence-corrected chi connectivity index (χ0v) is 11.5. The lowest BCUT2D eigenvalue weighted by Crippen LogP contribution is -2.21. The number of nitrogens with two attached hydrogens (primary N) is 1. The maximum atomic E-state index is 5.90. The molecule has 0 radical (unpaired) electrons. The first kappa shape index (κ1) is 15.1. The van der Waals surface area contributed by atoms with Crippen molar-refractivity contribution in [1.29, 1.82) is 0 Å². The molecular weight excluding hydrogens is 230 g/mol. The predicted molar refractivity (Wildman–Crippen MR) is 71.5 cm³/mol. The fourth-order valence-electron chi connectivity index (χ4n) is 1.64. The monoisotopic (exact) mass is 255 g/mol. The van der Waals surface area contributed by atoms with Crippen molar-refractivity contribution >= 4 is 0 Å². The Balaban J connectivity index is 2.15. The lowest BCUT2D eigenvalue weighted by Gasteiger charge is -2.05. The SMILES string of the molecule is CCC(N)Cc1cn(CCCOCCOC)cn1. The number of nitrogens with zero attached hydrogens (tertiary/aromatic N) is 2. The van der Waals surface area contributed by atoms with Gasteiger partial charge in [0.15, 0.2) is 0 Å². The standard InChI is InChI=1S/C13H25N3O2/c1-3-12(14)9-13-10-16(11-15-13)5-4-6-18-8-7-17-2/h10-12H,3-9,14H2,1-2H3. The Labute approximate surface area is 109 Å². The first-order valence-corrected chi connectivity index (χ1v) is 6.59. The number of ether oxygens (including phenoxy) is 2. The van der Waals surface area contributed by atoms with Crippen LogP contribution in [0.25, 0.3) is 0 Å². The molecule has 1 atom stereocenters. The van der Waals surface area contributed by atoms with E-state index in [-0.39, 0.29) is 6.04 Å². The van der Waals surface area contributed by atoms with Gasteiger partial charge in [-0.3, -0.25) is 0 Å². The summed E-state index contributed by atoms with van der Waals surface area (Å²) in [5, 5.41) is 0. The maximum absolute atomic E-state index is 5.90. The minimum Gasteiger partial charge on any atom is -0.382 e. The topological polar surface area (TPSA) is 62.3 Å². The zero-order chi connectivity index (χ0) is 13.2. The van der Waals surface area contributed by atoms with Crippen LogP contribution in [-0.2, 0) is 22.4 Å². The molecule has 1 rings (SSSR count). The molecule has 18 heavy (non-hydrogen) atoms. The second-order valence-electron chi connectivity index (χ2n) is 4.43. The molecule has 1 aromatic heterocycles. The van der Waals surface area contributed by atoms with Gasteiger partial charge in [0, 0.05) is 38.9 Å². The van der Waals surface area contributed by atoms with Crippen LogP contribution < -0.4 is 5.73 Å². The summed E-state index contributed by atoms with van der Waals surface area (Å²) < 4.78 is 12.4. The van der Waals surface area contributed by atoms with Crippen LogP contribution in [0.1, 0.15) is 25.5 Å². The molecule has 0 saturated heterocycles. The highest BCUT2D eigenvalue weighted by molar-refractivity contribution is 4.99. The van der Waals surface area contributed by atoms with Crippen molar-refractivity contribution in [1.82, 2.24) is 9.55 Å². The Morgan fingerprint density at radius 1 is 1.39 bits per heavy atom. The van der Waals surface area contributed by atoms with Crippen molar-refractivity contribution < 1.29 is 9.47 Å². The summed E-state index contributed by atoms with van der Waals surface area (Å²) >= 11 is 0. The van der Waals surface area contributed by atoms with Gasteiger partial charge in [-0.2, -0.15) is 0 Å². The van der Waals surface area contributed by atoms with Gasteiger partial charge in [-0.1, -0.05) is 6.92 Å². The largest absolute Gasteiger partial charge is 0.382 e. The summed E-state index contributed by atoms with van der Waals surface area (Å²) in [4.78, 5) is 4.35. The zero-order valence-electron chi connectivity index (χ0n) is 11.5. The Bertz CT molecular complexity index is 315. The van der Waals surface area contributed by atoms with E-state index in [0.29, 0.717) is 13.2 Å². The van der Waals surface area contributed by atoms with Gasteiger partial charge in [0.25, 0.3) is 0 Å². The quantitative estimate of drug-likeness (QED) is 0.638. The lowest BCUT2D eigenvalue weighted by atomic mass is 10.1. The highest BCUT2D eigenvalue weighted by atomic mass is 16.5. The van der Waals surface area contributed by atoms with Crippen LogP contribution in [0.2, 0.25) is 0 Å². The highest BCUT2D eigenvalue weighted by Gasteiger charge is 2.04. The molecule has 0 aliphatic rings. The fourth-order valence-corrected chi connectivity index (χ4v) is 1.64. The van der Waals surface area contributed by atoms with Crippen molar-refractivity contribution in [3.05, 3.63) is 18.2 Å². The van der Waals surface area contributed by atoms with Crippen LogP contribution in [0.15, 0.2) is 12.5 Å². The number of hydrogen-bond donors (Lipinski definition) is 1. The summed E-state index contributed by atoms with van der Waals surface area (Å²) in [6.07, 6.45) is 6.77. The van der Waals surface area contributed by atoms with E-state index in [4.69, 9.17) is 15.2 Å². The van der Waals surface area contributed by atoms with E-state index in [1.54, 1.807) is 7.11 Å². The Morgan fingerprint density at radius 2 is 2.22 bits per heavy atom. The molecule has 1 aromatic rings. The van der Waals surface area contributed by atoms with Gasteiger partial charge in [-0.15, -0.1) is 0 Å². The molecule has 0 amide bonds. The van der Waals surface area contributed by atoms with Gasteiger partial charge in [-0.25, -0.2) is 4.98 Å². The Morgan fingerprint density at radius 3 is 2.94 bits per heavy atom.